The number of hydrogen-bond donors (Lipinski definition) is 2. The molecule has 1 unspecified atom stereocenters. The molecule has 5 nitrogen and oxygen atoms in total. The number of carboxylic acids is 1. The fourth-order valence-electron chi connectivity index (χ4n) is 1.89. The third-order valence-corrected chi connectivity index (χ3v) is 3.27. The van der Waals surface area contributed by atoms with Gasteiger partial charge in [0.15, 0.2) is 0 Å². The van der Waals surface area contributed by atoms with Gasteiger partial charge in [0.2, 0.25) is 0 Å². The zero-order chi connectivity index (χ0) is 14.2. The number of carbonyl (C=O) groups is 2. The van der Waals surface area contributed by atoms with E-state index in [4.69, 9.17) is 5.11 Å². The summed E-state index contributed by atoms with van der Waals surface area (Å²) in [4.78, 5) is 27.3. The molecule has 1 atom stereocenters. The number of aromatic amines is 1. The predicted octanol–water partition coefficient (Wildman–Crippen LogP) is 2.02. The van der Waals surface area contributed by atoms with Gasteiger partial charge < -0.3 is 15.0 Å². The van der Waals surface area contributed by atoms with Gasteiger partial charge in [0, 0.05) is 18.0 Å². The predicted molar refractivity (Wildman–Crippen MR) is 72.2 cm³/mol. The molecular weight excluding hydrogens is 244 g/mol. The maximum atomic E-state index is 12.2. The number of carbonyl (C=O) groups excluding carboxylic acids is 1. The normalized spacial score (nSPS) is 12.4. The maximum Gasteiger partial charge on any atom is 0.326 e. The van der Waals surface area contributed by atoms with Crippen molar-refractivity contribution >= 4 is 22.8 Å². The number of benzene rings is 1. The Hall–Kier alpha value is -2.30. The summed E-state index contributed by atoms with van der Waals surface area (Å²) in [7, 11) is 1.48. The summed E-state index contributed by atoms with van der Waals surface area (Å²) < 4.78 is 0. The standard InChI is InChI=1S/C14H16N2O3/c1-8-4-5-10-7-12(15-11(10)6-8)13(17)16(3)9(2)14(18)19/h4-7,9,15H,1-3H3,(H,18,19). The molecule has 0 aliphatic carbocycles. The van der Waals surface area contributed by atoms with E-state index in [1.54, 1.807) is 6.07 Å². The van der Waals surface area contributed by atoms with Crippen LogP contribution in [0.15, 0.2) is 24.3 Å². The van der Waals surface area contributed by atoms with Crippen molar-refractivity contribution in [2.75, 3.05) is 7.05 Å². The summed E-state index contributed by atoms with van der Waals surface area (Å²) in [6.45, 7) is 3.45. The SMILES string of the molecule is Cc1ccc2cc(C(=O)N(C)C(C)C(=O)O)[nH]c2c1. The van der Waals surface area contributed by atoms with Crippen molar-refractivity contribution in [1.29, 1.82) is 0 Å². The molecule has 1 amide bonds. The fourth-order valence-corrected chi connectivity index (χ4v) is 1.89. The number of likely N-dealkylation sites (N-methyl/N-ethyl adjacent to an activating group) is 1. The first-order chi connectivity index (χ1) is 8.90. The number of nitrogens with one attached hydrogen (secondary N) is 1. The van der Waals surface area contributed by atoms with Crippen molar-refractivity contribution < 1.29 is 14.7 Å². The Bertz CT molecular complexity index is 645. The molecule has 1 aromatic heterocycles. The molecule has 2 aromatic rings. The van der Waals surface area contributed by atoms with E-state index in [-0.39, 0.29) is 5.91 Å². The second-order valence-corrected chi connectivity index (χ2v) is 4.70. The lowest BCUT2D eigenvalue weighted by Crippen LogP contribution is -2.40. The minimum absolute atomic E-state index is 0.330. The lowest BCUT2D eigenvalue weighted by Gasteiger charge is -2.20. The van der Waals surface area contributed by atoms with Gasteiger partial charge in [0.1, 0.15) is 11.7 Å². The van der Waals surface area contributed by atoms with Crippen LogP contribution in [0.3, 0.4) is 0 Å². The van der Waals surface area contributed by atoms with Crippen molar-refractivity contribution in [3.63, 3.8) is 0 Å². The number of hydrogen-bond acceptors (Lipinski definition) is 2. The molecule has 0 fully saturated rings. The Morgan fingerprint density at radius 2 is 2.00 bits per heavy atom. The summed E-state index contributed by atoms with van der Waals surface area (Å²) in [5, 5.41) is 9.86. The quantitative estimate of drug-likeness (QED) is 0.886. The third kappa shape index (κ3) is 2.45. The van der Waals surface area contributed by atoms with Crippen LogP contribution in [0.25, 0.3) is 10.9 Å². The minimum atomic E-state index is -1.03. The maximum absolute atomic E-state index is 12.2. The van der Waals surface area contributed by atoms with Gasteiger partial charge in [0.05, 0.1) is 0 Å². The number of rotatable bonds is 3. The number of fused-ring (bicyclic) bond motifs is 1. The minimum Gasteiger partial charge on any atom is -0.480 e. The van der Waals surface area contributed by atoms with E-state index in [0.29, 0.717) is 5.69 Å². The van der Waals surface area contributed by atoms with Crippen LogP contribution in [0.4, 0.5) is 0 Å². The zero-order valence-electron chi connectivity index (χ0n) is 11.1. The summed E-state index contributed by atoms with van der Waals surface area (Å²) in [5.74, 6) is -1.36. The average molecular weight is 260 g/mol. The molecule has 2 rings (SSSR count). The molecule has 0 aliphatic rings. The summed E-state index contributed by atoms with van der Waals surface area (Å²) >= 11 is 0. The third-order valence-electron chi connectivity index (χ3n) is 3.27. The summed E-state index contributed by atoms with van der Waals surface area (Å²) in [5.41, 5.74) is 2.37. The number of aromatic nitrogens is 1. The van der Waals surface area contributed by atoms with Crippen LogP contribution in [0.5, 0.6) is 0 Å². The molecule has 1 aromatic carbocycles. The number of nitrogens with zero attached hydrogens (tertiary/aromatic N) is 1. The Labute approximate surface area is 110 Å². The van der Waals surface area contributed by atoms with Gasteiger partial charge in [-0.05, 0) is 31.5 Å². The van der Waals surface area contributed by atoms with Crippen LogP contribution < -0.4 is 0 Å². The van der Waals surface area contributed by atoms with E-state index < -0.39 is 12.0 Å². The second-order valence-electron chi connectivity index (χ2n) is 4.70. The first-order valence-electron chi connectivity index (χ1n) is 5.99. The number of aryl methyl sites for hydroxylation is 1. The van der Waals surface area contributed by atoms with E-state index in [9.17, 15) is 9.59 Å². The molecule has 0 saturated heterocycles. The second kappa shape index (κ2) is 4.76. The van der Waals surface area contributed by atoms with Crippen molar-refractivity contribution in [2.45, 2.75) is 19.9 Å². The molecule has 1 heterocycles. The summed E-state index contributed by atoms with van der Waals surface area (Å²) in [6.07, 6.45) is 0. The van der Waals surface area contributed by atoms with Gasteiger partial charge in [-0.3, -0.25) is 4.79 Å². The van der Waals surface area contributed by atoms with Crippen LogP contribution in [-0.2, 0) is 4.79 Å². The Balaban J connectivity index is 2.33. The highest BCUT2D eigenvalue weighted by Gasteiger charge is 2.23. The summed E-state index contributed by atoms with van der Waals surface area (Å²) in [6, 6.07) is 6.72. The lowest BCUT2D eigenvalue weighted by atomic mass is 10.2. The highest BCUT2D eigenvalue weighted by Crippen LogP contribution is 2.18. The van der Waals surface area contributed by atoms with Crippen molar-refractivity contribution in [3.05, 3.63) is 35.5 Å². The Morgan fingerprint density at radius 1 is 1.32 bits per heavy atom. The highest BCUT2D eigenvalue weighted by molar-refractivity contribution is 5.99. The molecule has 0 radical (unpaired) electrons. The highest BCUT2D eigenvalue weighted by atomic mass is 16.4. The molecule has 5 heteroatoms. The smallest absolute Gasteiger partial charge is 0.326 e. The molecule has 0 bridgehead atoms. The number of carboxylic acid groups (broad SMARTS) is 1. The first kappa shape index (κ1) is 13.1. The van der Waals surface area contributed by atoms with Crippen molar-refractivity contribution in [2.24, 2.45) is 0 Å². The van der Waals surface area contributed by atoms with Gasteiger partial charge in [-0.2, -0.15) is 0 Å². The van der Waals surface area contributed by atoms with Crippen LogP contribution >= 0.6 is 0 Å². The van der Waals surface area contributed by atoms with E-state index in [2.05, 4.69) is 4.98 Å². The molecule has 100 valence electrons. The number of amides is 1. The molecule has 2 N–H and O–H groups in total. The number of H-pyrrole nitrogens is 1. The van der Waals surface area contributed by atoms with Crippen LogP contribution in [0, 0.1) is 6.92 Å². The molecular formula is C14H16N2O3. The van der Waals surface area contributed by atoms with Gasteiger partial charge in [-0.15, -0.1) is 0 Å². The van der Waals surface area contributed by atoms with Crippen molar-refractivity contribution in [3.8, 4) is 0 Å². The van der Waals surface area contributed by atoms with Crippen LogP contribution in [0.1, 0.15) is 23.0 Å². The van der Waals surface area contributed by atoms with E-state index >= 15 is 0 Å². The van der Waals surface area contributed by atoms with Crippen LogP contribution in [0.2, 0.25) is 0 Å². The fraction of sp³-hybridized carbons (Fsp3) is 0.286. The lowest BCUT2D eigenvalue weighted by molar-refractivity contribution is -0.141. The largest absolute Gasteiger partial charge is 0.480 e. The molecule has 0 saturated carbocycles. The van der Waals surface area contributed by atoms with E-state index in [0.717, 1.165) is 16.5 Å². The van der Waals surface area contributed by atoms with Crippen molar-refractivity contribution in [1.82, 2.24) is 9.88 Å². The average Bonchev–Trinajstić information content (AvgIpc) is 2.78. The topological polar surface area (TPSA) is 73.4 Å². The molecule has 19 heavy (non-hydrogen) atoms. The number of aliphatic carboxylic acids is 1. The molecule has 0 aliphatic heterocycles. The van der Waals surface area contributed by atoms with Gasteiger partial charge in [-0.25, -0.2) is 4.79 Å². The van der Waals surface area contributed by atoms with Gasteiger partial charge in [0.25, 0.3) is 5.91 Å². The van der Waals surface area contributed by atoms with E-state index in [1.165, 1.54) is 18.9 Å². The van der Waals surface area contributed by atoms with Gasteiger partial charge >= 0.3 is 5.97 Å². The monoisotopic (exact) mass is 260 g/mol. The van der Waals surface area contributed by atoms with Gasteiger partial charge in [-0.1, -0.05) is 12.1 Å². The first-order valence-corrected chi connectivity index (χ1v) is 5.99. The van der Waals surface area contributed by atoms with Crippen LogP contribution in [-0.4, -0.2) is 40.0 Å². The molecule has 0 spiro atoms. The Kier molecular flexibility index (Phi) is 3.29. The van der Waals surface area contributed by atoms with E-state index in [1.807, 2.05) is 25.1 Å². The zero-order valence-corrected chi connectivity index (χ0v) is 11.1. The Morgan fingerprint density at radius 3 is 2.63 bits per heavy atom.